The predicted molar refractivity (Wildman–Crippen MR) is 120 cm³/mol. The molecule has 0 radical (unpaired) electrons. The van der Waals surface area contributed by atoms with E-state index in [1.165, 1.54) is 54.5 Å². The fourth-order valence-corrected chi connectivity index (χ4v) is 3.83. The Labute approximate surface area is 187 Å². The maximum Gasteiger partial charge on any atom is 0.335 e. The van der Waals surface area contributed by atoms with E-state index in [9.17, 15) is 19.7 Å². The number of carbonyl (C=O) groups is 2. The van der Waals surface area contributed by atoms with E-state index in [1.807, 2.05) is 0 Å². The molecule has 2 aromatic carbocycles. The second-order valence-electron chi connectivity index (χ2n) is 6.48. The van der Waals surface area contributed by atoms with Crippen molar-refractivity contribution < 1.29 is 29.1 Å². The van der Waals surface area contributed by atoms with Crippen LogP contribution in [0.1, 0.15) is 22.8 Å². The Morgan fingerprint density at radius 3 is 2.56 bits per heavy atom. The van der Waals surface area contributed by atoms with Gasteiger partial charge < -0.3 is 14.6 Å². The first kappa shape index (κ1) is 22.8. The van der Waals surface area contributed by atoms with Crippen LogP contribution in [-0.2, 0) is 4.79 Å². The van der Waals surface area contributed by atoms with E-state index in [0.29, 0.717) is 28.8 Å². The summed E-state index contributed by atoms with van der Waals surface area (Å²) >= 11 is 1.09. The lowest BCUT2D eigenvalue weighted by Gasteiger charge is -2.12. The molecule has 0 saturated carbocycles. The number of carboxylic acid groups (broad SMARTS) is 1. The van der Waals surface area contributed by atoms with Crippen LogP contribution in [0.2, 0.25) is 0 Å². The van der Waals surface area contributed by atoms with E-state index >= 15 is 0 Å². The third kappa shape index (κ3) is 4.72. The van der Waals surface area contributed by atoms with Gasteiger partial charge in [-0.05, 0) is 49.0 Å². The number of amides is 1. The molecule has 1 N–H and O–H groups in total. The molecule has 1 saturated heterocycles. The molecule has 0 bridgehead atoms. The Kier molecular flexibility index (Phi) is 6.79. The first-order valence-electron chi connectivity index (χ1n) is 9.34. The number of methoxy groups -OCH3 is 1. The molecule has 0 unspecified atom stereocenters. The van der Waals surface area contributed by atoms with E-state index in [2.05, 4.69) is 4.99 Å². The molecule has 0 aliphatic carbocycles. The molecule has 1 fully saturated rings. The molecular formula is C21H19N3O7S. The van der Waals surface area contributed by atoms with Gasteiger partial charge in [0.1, 0.15) is 0 Å². The monoisotopic (exact) mass is 457 g/mol. The van der Waals surface area contributed by atoms with Crippen molar-refractivity contribution in [2.75, 3.05) is 20.8 Å². The molecule has 0 aromatic heterocycles. The zero-order valence-corrected chi connectivity index (χ0v) is 18.2. The Hall–Kier alpha value is -3.86. The van der Waals surface area contributed by atoms with Crippen LogP contribution in [0.4, 0.5) is 11.4 Å². The van der Waals surface area contributed by atoms with E-state index in [-0.39, 0.29) is 27.8 Å². The van der Waals surface area contributed by atoms with Crippen LogP contribution in [0.15, 0.2) is 46.3 Å². The van der Waals surface area contributed by atoms with Crippen LogP contribution in [0.25, 0.3) is 6.08 Å². The summed E-state index contributed by atoms with van der Waals surface area (Å²) in [6.45, 7) is 2.06. The highest BCUT2D eigenvalue weighted by Crippen LogP contribution is 2.40. The van der Waals surface area contributed by atoms with E-state index in [4.69, 9.17) is 14.6 Å². The molecule has 166 valence electrons. The highest BCUT2D eigenvalue weighted by molar-refractivity contribution is 8.18. The van der Waals surface area contributed by atoms with Crippen molar-refractivity contribution >= 4 is 46.3 Å². The first-order chi connectivity index (χ1) is 15.2. The predicted octanol–water partition coefficient (Wildman–Crippen LogP) is 3.93. The van der Waals surface area contributed by atoms with Gasteiger partial charge in [0.2, 0.25) is 0 Å². The minimum atomic E-state index is -1.05. The van der Waals surface area contributed by atoms with Crippen molar-refractivity contribution in [3.05, 3.63) is 62.5 Å². The number of nitrogens with zero attached hydrogens (tertiary/aromatic N) is 3. The Morgan fingerprint density at radius 2 is 2.00 bits per heavy atom. The highest BCUT2D eigenvalue weighted by atomic mass is 32.2. The van der Waals surface area contributed by atoms with Gasteiger partial charge in [-0.2, -0.15) is 0 Å². The van der Waals surface area contributed by atoms with Gasteiger partial charge in [-0.25, -0.2) is 9.79 Å². The fourth-order valence-electron chi connectivity index (χ4n) is 2.85. The van der Waals surface area contributed by atoms with E-state index in [0.717, 1.165) is 11.8 Å². The van der Waals surface area contributed by atoms with Crippen LogP contribution >= 0.6 is 11.8 Å². The van der Waals surface area contributed by atoms with Crippen molar-refractivity contribution in [3.63, 3.8) is 0 Å². The van der Waals surface area contributed by atoms with Crippen molar-refractivity contribution in [1.29, 1.82) is 0 Å². The largest absolute Gasteiger partial charge is 0.493 e. The maximum absolute atomic E-state index is 12.8. The van der Waals surface area contributed by atoms with E-state index < -0.39 is 10.9 Å². The summed E-state index contributed by atoms with van der Waals surface area (Å²) in [4.78, 5) is 40.6. The fraction of sp³-hybridized carbons (Fsp3) is 0.190. The second kappa shape index (κ2) is 9.52. The number of benzene rings is 2. The summed E-state index contributed by atoms with van der Waals surface area (Å²) in [5.41, 5.74) is 0.731. The number of carbonyl (C=O) groups excluding carboxylic acids is 1. The smallest absolute Gasteiger partial charge is 0.335 e. The van der Waals surface area contributed by atoms with Crippen LogP contribution in [0.3, 0.4) is 0 Å². The van der Waals surface area contributed by atoms with Crippen molar-refractivity contribution in [3.8, 4) is 11.5 Å². The number of likely N-dealkylation sites (N-methyl/N-ethyl adjacent to an activating group) is 1. The number of nitro benzene ring substituents is 1. The zero-order valence-electron chi connectivity index (χ0n) is 17.4. The van der Waals surface area contributed by atoms with Crippen molar-refractivity contribution in [2.24, 2.45) is 4.99 Å². The summed E-state index contributed by atoms with van der Waals surface area (Å²) in [6.07, 6.45) is 1.50. The lowest BCUT2D eigenvalue weighted by atomic mass is 10.1. The van der Waals surface area contributed by atoms with Crippen molar-refractivity contribution in [2.45, 2.75) is 6.92 Å². The molecule has 11 heteroatoms. The molecular weight excluding hydrogens is 438 g/mol. The molecule has 0 atom stereocenters. The quantitative estimate of drug-likeness (QED) is 0.376. The highest BCUT2D eigenvalue weighted by Gasteiger charge is 2.31. The third-order valence-corrected chi connectivity index (χ3v) is 5.48. The number of ether oxygens (including phenoxy) is 2. The molecule has 0 spiro atoms. The Balaban J connectivity index is 2.00. The topological polar surface area (TPSA) is 132 Å². The molecule has 1 amide bonds. The number of carboxylic acids is 1. The number of hydrogen-bond acceptors (Lipinski definition) is 8. The average molecular weight is 457 g/mol. The Morgan fingerprint density at radius 1 is 1.31 bits per heavy atom. The molecule has 1 heterocycles. The van der Waals surface area contributed by atoms with Gasteiger partial charge in [-0.1, -0.05) is 0 Å². The van der Waals surface area contributed by atoms with E-state index in [1.54, 1.807) is 14.0 Å². The summed E-state index contributed by atoms with van der Waals surface area (Å²) in [5.74, 6) is -0.916. The molecule has 2 aromatic rings. The lowest BCUT2D eigenvalue weighted by molar-refractivity contribution is -0.385. The van der Waals surface area contributed by atoms with Gasteiger partial charge in [-0.15, -0.1) is 0 Å². The van der Waals surface area contributed by atoms with Crippen molar-refractivity contribution in [1.82, 2.24) is 4.90 Å². The van der Waals surface area contributed by atoms with Crippen LogP contribution < -0.4 is 9.47 Å². The Bertz CT molecular complexity index is 1140. The lowest BCUT2D eigenvalue weighted by Crippen LogP contribution is -2.23. The van der Waals surface area contributed by atoms with Crippen LogP contribution in [0.5, 0.6) is 11.5 Å². The normalized spacial score (nSPS) is 16.0. The minimum Gasteiger partial charge on any atom is -0.493 e. The number of non-ortho nitro benzene ring substituents is 1. The first-order valence-corrected chi connectivity index (χ1v) is 10.2. The number of nitro groups is 1. The van der Waals surface area contributed by atoms with Gasteiger partial charge in [0.25, 0.3) is 11.6 Å². The summed E-state index contributed by atoms with van der Waals surface area (Å²) in [6, 6.07) is 8.49. The SMILES string of the molecule is CCOc1c(/C=C2/SC(=Nc3ccc(C(=O)O)cc3)N(C)C2=O)cc([N+](=O)[O-])cc1OC. The molecule has 3 rings (SSSR count). The summed E-state index contributed by atoms with van der Waals surface area (Å²) in [5, 5.41) is 20.7. The second-order valence-corrected chi connectivity index (χ2v) is 7.49. The maximum atomic E-state index is 12.8. The molecule has 32 heavy (non-hydrogen) atoms. The number of amidine groups is 1. The number of rotatable bonds is 7. The van der Waals surface area contributed by atoms with Gasteiger partial charge in [-0.3, -0.25) is 19.8 Å². The van der Waals surface area contributed by atoms with Crippen LogP contribution in [0, 0.1) is 10.1 Å². The average Bonchev–Trinajstić information content (AvgIpc) is 3.02. The molecule has 1 aliphatic rings. The number of thioether (sulfide) groups is 1. The standard InChI is InChI=1S/C21H19N3O7S/c1-4-31-18-13(9-15(24(28)29)11-16(18)30-3)10-17-19(25)23(2)21(32-17)22-14-7-5-12(6-8-14)20(26)27/h5-11H,4H2,1-3H3,(H,26,27)/b17-10+,22-21?. The zero-order chi connectivity index (χ0) is 23.4. The number of aromatic carboxylic acids is 1. The molecule has 10 nitrogen and oxygen atoms in total. The number of hydrogen-bond donors (Lipinski definition) is 1. The number of aliphatic imine (C=N–C) groups is 1. The summed E-state index contributed by atoms with van der Waals surface area (Å²) in [7, 11) is 2.93. The molecule has 1 aliphatic heterocycles. The third-order valence-electron chi connectivity index (χ3n) is 4.42. The minimum absolute atomic E-state index is 0.126. The summed E-state index contributed by atoms with van der Waals surface area (Å²) < 4.78 is 10.9. The van der Waals surface area contributed by atoms with Gasteiger partial charge in [0.15, 0.2) is 16.7 Å². The van der Waals surface area contributed by atoms with Gasteiger partial charge >= 0.3 is 5.97 Å². The van der Waals surface area contributed by atoms with Gasteiger partial charge in [0.05, 0.1) is 40.9 Å². The van der Waals surface area contributed by atoms with Gasteiger partial charge in [0, 0.05) is 18.7 Å². The van der Waals surface area contributed by atoms with Crippen LogP contribution in [-0.4, -0.2) is 52.7 Å².